The molecule has 0 aromatic heterocycles. The van der Waals surface area contributed by atoms with Gasteiger partial charge < -0.3 is 19.5 Å². The summed E-state index contributed by atoms with van der Waals surface area (Å²) in [4.78, 5) is 24.8. The molecule has 1 amide bonds. The molecule has 0 saturated carbocycles. The maximum Gasteiger partial charge on any atom is 0.410 e. The molecule has 2 aliphatic rings. The van der Waals surface area contributed by atoms with E-state index < -0.39 is 17.5 Å². The maximum absolute atomic E-state index is 12.0. The van der Waals surface area contributed by atoms with Gasteiger partial charge in [0.1, 0.15) is 5.60 Å². The van der Waals surface area contributed by atoms with Crippen LogP contribution in [0, 0.1) is 17.8 Å². The van der Waals surface area contributed by atoms with Crippen molar-refractivity contribution in [2.24, 2.45) is 17.8 Å². The largest absolute Gasteiger partial charge is 0.481 e. The third-order valence-electron chi connectivity index (χ3n) is 3.61. The van der Waals surface area contributed by atoms with Crippen molar-refractivity contribution in [1.82, 2.24) is 4.90 Å². The Bertz CT molecular complexity index is 376. The van der Waals surface area contributed by atoms with Crippen LogP contribution in [0.4, 0.5) is 4.79 Å². The summed E-state index contributed by atoms with van der Waals surface area (Å²) in [5.74, 6) is -1.30. The molecule has 2 rings (SSSR count). The van der Waals surface area contributed by atoms with Crippen molar-refractivity contribution in [2.45, 2.75) is 26.4 Å². The summed E-state index contributed by atoms with van der Waals surface area (Å²) in [5, 5.41) is 9.18. The highest BCUT2D eigenvalue weighted by molar-refractivity contribution is 5.72. The first-order valence-electron chi connectivity index (χ1n) is 6.56. The minimum atomic E-state index is -0.847. The van der Waals surface area contributed by atoms with Gasteiger partial charge in [0.25, 0.3) is 0 Å². The lowest BCUT2D eigenvalue weighted by molar-refractivity contribution is -0.150. The lowest BCUT2D eigenvalue weighted by Gasteiger charge is -2.29. The number of ether oxygens (including phenoxy) is 2. The Morgan fingerprint density at radius 1 is 1.26 bits per heavy atom. The summed E-state index contributed by atoms with van der Waals surface area (Å²) in [7, 11) is 0. The van der Waals surface area contributed by atoms with Crippen molar-refractivity contribution in [3.63, 3.8) is 0 Å². The first kappa shape index (κ1) is 14.1. The van der Waals surface area contributed by atoms with E-state index in [1.807, 2.05) is 20.8 Å². The lowest BCUT2D eigenvalue weighted by atomic mass is 9.83. The Hall–Kier alpha value is -1.30. The third kappa shape index (κ3) is 3.18. The van der Waals surface area contributed by atoms with Gasteiger partial charge in [-0.05, 0) is 26.7 Å². The van der Waals surface area contributed by atoms with Crippen LogP contribution in [0.15, 0.2) is 0 Å². The van der Waals surface area contributed by atoms with Gasteiger partial charge in [0, 0.05) is 19.0 Å². The molecule has 2 aliphatic heterocycles. The average Bonchev–Trinajstić information content (AvgIpc) is 2.69. The molecule has 108 valence electrons. The molecule has 6 nitrogen and oxygen atoms in total. The van der Waals surface area contributed by atoms with Crippen LogP contribution in [0.2, 0.25) is 0 Å². The van der Waals surface area contributed by atoms with Gasteiger partial charge in [-0.2, -0.15) is 0 Å². The molecule has 2 fully saturated rings. The fourth-order valence-corrected chi connectivity index (χ4v) is 2.73. The van der Waals surface area contributed by atoms with E-state index >= 15 is 0 Å². The number of nitrogens with zero attached hydrogens (tertiary/aromatic N) is 1. The van der Waals surface area contributed by atoms with Crippen LogP contribution >= 0.6 is 0 Å². The smallest absolute Gasteiger partial charge is 0.410 e. The van der Waals surface area contributed by atoms with Gasteiger partial charge in [-0.1, -0.05) is 0 Å². The molecule has 2 saturated heterocycles. The molecule has 0 aliphatic carbocycles. The Balaban J connectivity index is 2.01. The van der Waals surface area contributed by atoms with E-state index in [2.05, 4.69) is 0 Å². The Labute approximate surface area is 112 Å². The number of hydrogen-bond acceptors (Lipinski definition) is 4. The molecule has 0 radical (unpaired) electrons. The van der Waals surface area contributed by atoms with Crippen molar-refractivity contribution >= 4 is 12.1 Å². The fourth-order valence-electron chi connectivity index (χ4n) is 2.73. The van der Waals surface area contributed by atoms with E-state index in [0.29, 0.717) is 19.7 Å². The van der Waals surface area contributed by atoms with E-state index in [-0.39, 0.29) is 24.5 Å². The standard InChI is InChI=1S/C13H21NO5/c1-13(2,3)19-12(17)14-4-8-6-18-7-10(11(15)16)9(8)5-14/h8-10H,4-7H2,1-3H3,(H,15,16)/t8-,9-,10+/m1/s1. The summed E-state index contributed by atoms with van der Waals surface area (Å²) in [6.45, 7) is 7.17. The summed E-state index contributed by atoms with van der Waals surface area (Å²) in [6, 6.07) is 0. The molecule has 0 aromatic rings. The number of amides is 1. The molecular formula is C13H21NO5. The number of carboxylic acid groups (broad SMARTS) is 1. The highest BCUT2D eigenvalue weighted by Gasteiger charge is 2.46. The number of aliphatic carboxylic acids is 1. The average molecular weight is 271 g/mol. The molecule has 19 heavy (non-hydrogen) atoms. The van der Waals surface area contributed by atoms with Crippen molar-refractivity contribution < 1.29 is 24.2 Å². The predicted molar refractivity (Wildman–Crippen MR) is 66.7 cm³/mol. The second kappa shape index (κ2) is 5.00. The van der Waals surface area contributed by atoms with Crippen LogP contribution < -0.4 is 0 Å². The van der Waals surface area contributed by atoms with Crippen molar-refractivity contribution in [3.8, 4) is 0 Å². The predicted octanol–water partition coefficient (Wildman–Crippen LogP) is 1.20. The van der Waals surface area contributed by atoms with E-state index in [1.54, 1.807) is 4.90 Å². The summed E-state index contributed by atoms with van der Waals surface area (Å²) >= 11 is 0. The van der Waals surface area contributed by atoms with Crippen molar-refractivity contribution in [3.05, 3.63) is 0 Å². The molecule has 3 atom stereocenters. The van der Waals surface area contributed by atoms with E-state index in [1.165, 1.54) is 0 Å². The number of likely N-dealkylation sites (tertiary alicyclic amines) is 1. The Kier molecular flexibility index (Phi) is 3.71. The molecule has 2 heterocycles. The van der Waals surface area contributed by atoms with E-state index in [0.717, 1.165) is 0 Å². The van der Waals surface area contributed by atoms with Crippen molar-refractivity contribution in [2.75, 3.05) is 26.3 Å². The first-order chi connectivity index (χ1) is 8.78. The maximum atomic E-state index is 12.0. The first-order valence-corrected chi connectivity index (χ1v) is 6.56. The fraction of sp³-hybridized carbons (Fsp3) is 0.846. The van der Waals surface area contributed by atoms with Crippen LogP contribution in [0.25, 0.3) is 0 Å². The lowest BCUT2D eigenvalue weighted by Crippen LogP contribution is -2.39. The number of hydrogen-bond donors (Lipinski definition) is 1. The Morgan fingerprint density at radius 2 is 1.95 bits per heavy atom. The summed E-state index contributed by atoms with van der Waals surface area (Å²) in [5.41, 5.74) is -0.534. The number of fused-ring (bicyclic) bond motifs is 1. The summed E-state index contributed by atoms with van der Waals surface area (Å²) < 4.78 is 10.6. The second-order valence-electron chi connectivity index (χ2n) is 6.29. The summed E-state index contributed by atoms with van der Waals surface area (Å²) in [6.07, 6.45) is -0.369. The zero-order valence-electron chi connectivity index (χ0n) is 11.6. The molecule has 6 heteroatoms. The van der Waals surface area contributed by atoms with Crippen LogP contribution in [0.3, 0.4) is 0 Å². The monoisotopic (exact) mass is 271 g/mol. The number of carbonyl (C=O) groups excluding carboxylic acids is 1. The SMILES string of the molecule is CC(C)(C)OC(=O)N1C[C@@H]2COC[C@H](C(=O)O)[C@@H]2C1. The van der Waals surface area contributed by atoms with E-state index in [4.69, 9.17) is 9.47 Å². The van der Waals surface area contributed by atoms with Gasteiger partial charge >= 0.3 is 12.1 Å². The van der Waals surface area contributed by atoms with Gasteiger partial charge in [-0.25, -0.2) is 4.79 Å². The number of carbonyl (C=O) groups is 2. The quantitative estimate of drug-likeness (QED) is 0.775. The van der Waals surface area contributed by atoms with Gasteiger partial charge in [0.15, 0.2) is 0 Å². The zero-order valence-corrected chi connectivity index (χ0v) is 11.6. The number of rotatable bonds is 1. The molecule has 0 spiro atoms. The molecule has 0 bridgehead atoms. The number of carboxylic acids is 1. The van der Waals surface area contributed by atoms with Crippen LogP contribution in [0.1, 0.15) is 20.8 Å². The van der Waals surface area contributed by atoms with Gasteiger partial charge in [0.05, 0.1) is 19.1 Å². The van der Waals surface area contributed by atoms with Gasteiger partial charge in [0.2, 0.25) is 0 Å². The molecule has 0 aromatic carbocycles. The van der Waals surface area contributed by atoms with Crippen LogP contribution in [-0.2, 0) is 14.3 Å². The molecule has 0 unspecified atom stereocenters. The molecule has 1 N–H and O–H groups in total. The van der Waals surface area contributed by atoms with Crippen LogP contribution in [-0.4, -0.2) is 54.0 Å². The highest BCUT2D eigenvalue weighted by atomic mass is 16.6. The normalized spacial score (nSPS) is 30.9. The third-order valence-corrected chi connectivity index (χ3v) is 3.61. The van der Waals surface area contributed by atoms with Crippen molar-refractivity contribution in [1.29, 1.82) is 0 Å². The topological polar surface area (TPSA) is 76.1 Å². The minimum Gasteiger partial charge on any atom is -0.481 e. The second-order valence-corrected chi connectivity index (χ2v) is 6.29. The minimum absolute atomic E-state index is 0.0289. The Morgan fingerprint density at radius 3 is 2.53 bits per heavy atom. The zero-order chi connectivity index (χ0) is 14.2. The van der Waals surface area contributed by atoms with Gasteiger partial charge in [-0.3, -0.25) is 4.79 Å². The molecular weight excluding hydrogens is 250 g/mol. The van der Waals surface area contributed by atoms with Crippen LogP contribution in [0.5, 0.6) is 0 Å². The highest BCUT2D eigenvalue weighted by Crippen LogP contribution is 2.34. The van der Waals surface area contributed by atoms with E-state index in [9.17, 15) is 14.7 Å². The van der Waals surface area contributed by atoms with Gasteiger partial charge in [-0.15, -0.1) is 0 Å².